The second kappa shape index (κ2) is 4.00. The third-order valence-corrected chi connectivity index (χ3v) is 2.86. The van der Waals surface area contributed by atoms with E-state index in [-0.39, 0.29) is 5.69 Å². The number of carboxylic acids is 1. The molecule has 88 valence electrons. The monoisotopic (exact) mass is 238 g/mol. The fourth-order valence-corrected chi connectivity index (χ4v) is 2.03. The van der Waals surface area contributed by atoms with Crippen LogP contribution >= 0.6 is 0 Å². The molecule has 0 aliphatic carbocycles. The Morgan fingerprint density at radius 3 is 2.83 bits per heavy atom. The molecular weight excluding hydrogens is 228 g/mol. The van der Waals surface area contributed by atoms with Crippen molar-refractivity contribution in [3.63, 3.8) is 0 Å². The van der Waals surface area contributed by atoms with Crippen molar-refractivity contribution in [1.82, 2.24) is 9.97 Å². The van der Waals surface area contributed by atoms with Gasteiger partial charge in [0.15, 0.2) is 0 Å². The molecule has 3 rings (SSSR count). The second-order valence-corrected chi connectivity index (χ2v) is 4.00. The molecule has 0 unspecified atom stereocenters. The van der Waals surface area contributed by atoms with E-state index in [0.29, 0.717) is 0 Å². The van der Waals surface area contributed by atoms with Gasteiger partial charge in [0.1, 0.15) is 5.69 Å². The zero-order valence-electron chi connectivity index (χ0n) is 9.42. The number of nitrogens with one attached hydrogen (secondary N) is 1. The van der Waals surface area contributed by atoms with Gasteiger partial charge in [0.2, 0.25) is 0 Å². The van der Waals surface area contributed by atoms with Gasteiger partial charge < -0.3 is 10.1 Å². The molecule has 0 amide bonds. The summed E-state index contributed by atoms with van der Waals surface area (Å²) in [5, 5.41) is 9.89. The largest absolute Gasteiger partial charge is 0.477 e. The first-order chi connectivity index (χ1) is 8.75. The summed E-state index contributed by atoms with van der Waals surface area (Å²) in [4.78, 5) is 18.0. The fourth-order valence-electron chi connectivity index (χ4n) is 2.03. The van der Waals surface area contributed by atoms with Gasteiger partial charge in [-0.15, -0.1) is 0 Å². The van der Waals surface area contributed by atoms with Crippen LogP contribution in [0.1, 0.15) is 10.5 Å². The maximum absolute atomic E-state index is 11.0. The summed E-state index contributed by atoms with van der Waals surface area (Å²) in [6.45, 7) is 0. The number of hydrogen-bond acceptors (Lipinski definition) is 2. The number of aromatic nitrogens is 2. The van der Waals surface area contributed by atoms with Crippen LogP contribution in [0.25, 0.3) is 22.0 Å². The Bertz CT molecular complexity index is 717. The maximum Gasteiger partial charge on any atom is 0.352 e. The van der Waals surface area contributed by atoms with Crippen LogP contribution in [0.2, 0.25) is 0 Å². The number of H-pyrrole nitrogens is 1. The standard InChI is InChI=1S/C14H10N2O2/c17-14(18)12-7-9-3-1-5-11(13(9)16-12)10-4-2-6-15-8-10/h1-8,16H,(H,17,18). The lowest BCUT2D eigenvalue weighted by Crippen LogP contribution is -1.95. The molecule has 0 aliphatic rings. The number of rotatable bonds is 2. The molecule has 0 fully saturated rings. The number of pyridine rings is 1. The highest BCUT2D eigenvalue weighted by molar-refractivity contribution is 5.99. The van der Waals surface area contributed by atoms with Crippen molar-refractivity contribution < 1.29 is 9.90 Å². The van der Waals surface area contributed by atoms with E-state index >= 15 is 0 Å². The van der Waals surface area contributed by atoms with E-state index in [4.69, 9.17) is 5.11 Å². The summed E-state index contributed by atoms with van der Waals surface area (Å²) in [6.07, 6.45) is 3.47. The average Bonchev–Trinajstić information content (AvgIpc) is 2.83. The molecule has 2 aromatic heterocycles. The van der Waals surface area contributed by atoms with E-state index in [1.807, 2.05) is 30.3 Å². The predicted molar refractivity (Wildman–Crippen MR) is 68.5 cm³/mol. The minimum Gasteiger partial charge on any atom is -0.477 e. The number of benzene rings is 1. The molecule has 2 heterocycles. The number of fused-ring (bicyclic) bond motifs is 1. The Morgan fingerprint density at radius 1 is 1.22 bits per heavy atom. The van der Waals surface area contributed by atoms with E-state index in [9.17, 15) is 4.79 Å². The van der Waals surface area contributed by atoms with Crippen molar-refractivity contribution in [3.05, 3.63) is 54.5 Å². The third kappa shape index (κ3) is 1.64. The summed E-state index contributed by atoms with van der Waals surface area (Å²) in [5.41, 5.74) is 2.93. The summed E-state index contributed by atoms with van der Waals surface area (Å²) >= 11 is 0. The molecule has 18 heavy (non-hydrogen) atoms. The summed E-state index contributed by atoms with van der Waals surface area (Å²) in [6, 6.07) is 11.2. The van der Waals surface area contributed by atoms with Gasteiger partial charge in [-0.25, -0.2) is 4.79 Å². The van der Waals surface area contributed by atoms with Gasteiger partial charge in [-0.1, -0.05) is 24.3 Å². The average molecular weight is 238 g/mol. The van der Waals surface area contributed by atoms with E-state index in [2.05, 4.69) is 9.97 Å². The van der Waals surface area contributed by atoms with Crippen molar-refractivity contribution in [2.45, 2.75) is 0 Å². The molecule has 4 nitrogen and oxygen atoms in total. The highest BCUT2D eigenvalue weighted by Crippen LogP contribution is 2.27. The van der Waals surface area contributed by atoms with Gasteiger partial charge in [-0.2, -0.15) is 0 Å². The quantitative estimate of drug-likeness (QED) is 0.721. The Kier molecular flexibility index (Phi) is 2.34. The van der Waals surface area contributed by atoms with Gasteiger partial charge in [0.25, 0.3) is 0 Å². The third-order valence-electron chi connectivity index (χ3n) is 2.86. The topological polar surface area (TPSA) is 66.0 Å². The first-order valence-corrected chi connectivity index (χ1v) is 5.51. The Morgan fingerprint density at radius 2 is 2.11 bits per heavy atom. The van der Waals surface area contributed by atoms with Crippen LogP contribution in [0.5, 0.6) is 0 Å². The second-order valence-electron chi connectivity index (χ2n) is 4.00. The molecule has 0 saturated carbocycles. The summed E-state index contributed by atoms with van der Waals surface area (Å²) < 4.78 is 0. The van der Waals surface area contributed by atoms with E-state index in [1.54, 1.807) is 18.5 Å². The SMILES string of the molecule is O=C(O)c1cc2cccc(-c3cccnc3)c2[nH]1. The van der Waals surface area contributed by atoms with Gasteiger partial charge in [0, 0.05) is 28.9 Å². The van der Waals surface area contributed by atoms with Crippen LogP contribution in [0.3, 0.4) is 0 Å². The van der Waals surface area contributed by atoms with Crippen LogP contribution < -0.4 is 0 Å². The first kappa shape index (κ1) is 10.5. The summed E-state index contributed by atoms with van der Waals surface area (Å²) in [5.74, 6) is -0.955. The van der Waals surface area contributed by atoms with Crippen molar-refractivity contribution in [3.8, 4) is 11.1 Å². The molecule has 0 radical (unpaired) electrons. The lowest BCUT2D eigenvalue weighted by Gasteiger charge is -2.02. The number of aromatic carboxylic acids is 1. The van der Waals surface area contributed by atoms with Crippen molar-refractivity contribution in [2.24, 2.45) is 0 Å². The molecule has 0 spiro atoms. The zero-order valence-corrected chi connectivity index (χ0v) is 9.42. The number of aromatic amines is 1. The lowest BCUT2D eigenvalue weighted by molar-refractivity contribution is 0.0691. The molecule has 3 aromatic rings. The Balaban J connectivity index is 2.27. The number of para-hydroxylation sites is 1. The van der Waals surface area contributed by atoms with Gasteiger partial charge >= 0.3 is 5.97 Å². The number of carboxylic acid groups (broad SMARTS) is 1. The van der Waals surface area contributed by atoms with Gasteiger partial charge in [-0.05, 0) is 12.1 Å². The van der Waals surface area contributed by atoms with Crippen LogP contribution in [-0.4, -0.2) is 21.0 Å². The van der Waals surface area contributed by atoms with E-state index in [1.165, 1.54) is 0 Å². The van der Waals surface area contributed by atoms with E-state index < -0.39 is 5.97 Å². The van der Waals surface area contributed by atoms with Gasteiger partial charge in [0.05, 0.1) is 5.52 Å². The highest BCUT2D eigenvalue weighted by Gasteiger charge is 2.10. The first-order valence-electron chi connectivity index (χ1n) is 5.51. The van der Waals surface area contributed by atoms with Crippen molar-refractivity contribution >= 4 is 16.9 Å². The fraction of sp³-hybridized carbons (Fsp3) is 0. The predicted octanol–water partition coefficient (Wildman–Crippen LogP) is 2.93. The number of nitrogens with zero attached hydrogens (tertiary/aromatic N) is 1. The maximum atomic E-state index is 11.0. The molecule has 2 N–H and O–H groups in total. The van der Waals surface area contributed by atoms with Crippen LogP contribution in [-0.2, 0) is 0 Å². The molecule has 0 aliphatic heterocycles. The minimum absolute atomic E-state index is 0.196. The number of hydrogen-bond donors (Lipinski definition) is 2. The molecular formula is C14H10N2O2. The van der Waals surface area contributed by atoms with Crippen LogP contribution in [0, 0.1) is 0 Å². The normalized spacial score (nSPS) is 10.7. The lowest BCUT2D eigenvalue weighted by atomic mass is 10.1. The van der Waals surface area contributed by atoms with Gasteiger partial charge in [-0.3, -0.25) is 4.98 Å². The van der Waals surface area contributed by atoms with Crippen LogP contribution in [0.4, 0.5) is 0 Å². The minimum atomic E-state index is -0.955. The number of carbonyl (C=O) groups is 1. The summed E-state index contributed by atoms with van der Waals surface area (Å²) in [7, 11) is 0. The Labute approximate surface area is 103 Å². The molecule has 0 atom stereocenters. The van der Waals surface area contributed by atoms with Crippen molar-refractivity contribution in [1.29, 1.82) is 0 Å². The molecule has 1 aromatic carbocycles. The van der Waals surface area contributed by atoms with E-state index in [0.717, 1.165) is 22.0 Å². The smallest absolute Gasteiger partial charge is 0.352 e. The molecule has 4 heteroatoms. The van der Waals surface area contributed by atoms with Crippen LogP contribution in [0.15, 0.2) is 48.8 Å². The molecule has 0 saturated heterocycles. The van der Waals surface area contributed by atoms with Crippen molar-refractivity contribution in [2.75, 3.05) is 0 Å². The Hall–Kier alpha value is -2.62. The highest BCUT2D eigenvalue weighted by atomic mass is 16.4. The molecule has 0 bridgehead atoms. The zero-order chi connectivity index (χ0) is 12.5.